The van der Waals surface area contributed by atoms with E-state index in [1.165, 1.54) is 31.3 Å². The van der Waals surface area contributed by atoms with Crippen LogP contribution in [0.25, 0.3) is 0 Å². The molecule has 0 radical (unpaired) electrons. The molecule has 0 aromatic heterocycles. The minimum atomic E-state index is 0.422. The maximum atomic E-state index is 6.40. The molecule has 0 aromatic rings. The molecule has 3 aliphatic rings. The van der Waals surface area contributed by atoms with Crippen molar-refractivity contribution >= 4 is 0 Å². The molecule has 2 saturated carbocycles. The predicted octanol–water partition coefficient (Wildman–Crippen LogP) is 3.79. The van der Waals surface area contributed by atoms with E-state index < -0.39 is 0 Å². The van der Waals surface area contributed by atoms with E-state index in [0.29, 0.717) is 23.5 Å². The minimum Gasteiger partial charge on any atom is -0.373 e. The SMILES string of the molecule is C=C1CC[C@H]2O[C@H]3[C@@H]1[C@]2(C)CC[C@H]3C(C)C. The summed E-state index contributed by atoms with van der Waals surface area (Å²) in [4.78, 5) is 0. The van der Waals surface area contributed by atoms with Crippen LogP contribution in [0.15, 0.2) is 12.2 Å². The lowest BCUT2D eigenvalue weighted by atomic mass is 9.56. The molecule has 4 bridgehead atoms. The number of ether oxygens (including phenoxy) is 1. The molecular weight excluding hydrogens is 196 g/mol. The summed E-state index contributed by atoms with van der Waals surface area (Å²) >= 11 is 0. The molecule has 5 atom stereocenters. The molecule has 0 N–H and O–H groups in total. The molecule has 0 aromatic carbocycles. The van der Waals surface area contributed by atoms with E-state index in [-0.39, 0.29) is 0 Å². The summed E-state index contributed by atoms with van der Waals surface area (Å²) < 4.78 is 6.40. The van der Waals surface area contributed by atoms with E-state index in [4.69, 9.17) is 4.74 Å². The Balaban J connectivity index is 1.97. The second-order valence-corrected chi connectivity index (χ2v) is 6.72. The van der Waals surface area contributed by atoms with Gasteiger partial charge in [-0.1, -0.05) is 32.9 Å². The van der Waals surface area contributed by atoms with Gasteiger partial charge in [0, 0.05) is 11.3 Å². The summed E-state index contributed by atoms with van der Waals surface area (Å²) in [5, 5.41) is 0. The molecule has 1 heteroatoms. The summed E-state index contributed by atoms with van der Waals surface area (Å²) in [5.74, 6) is 2.17. The summed E-state index contributed by atoms with van der Waals surface area (Å²) in [6, 6.07) is 0. The van der Waals surface area contributed by atoms with Crippen LogP contribution >= 0.6 is 0 Å². The third kappa shape index (κ3) is 1.21. The molecule has 1 heterocycles. The molecular formula is C15H24O. The lowest BCUT2D eigenvalue weighted by Crippen LogP contribution is -2.44. The van der Waals surface area contributed by atoms with Crippen LogP contribution in [0.2, 0.25) is 0 Å². The van der Waals surface area contributed by atoms with E-state index in [2.05, 4.69) is 27.4 Å². The van der Waals surface area contributed by atoms with Gasteiger partial charge in [-0.05, 0) is 37.5 Å². The van der Waals surface area contributed by atoms with Crippen molar-refractivity contribution in [3.63, 3.8) is 0 Å². The molecule has 0 spiro atoms. The Morgan fingerprint density at radius 3 is 2.81 bits per heavy atom. The quantitative estimate of drug-likeness (QED) is 0.611. The third-order valence-electron chi connectivity index (χ3n) is 5.56. The van der Waals surface area contributed by atoms with E-state index in [9.17, 15) is 0 Å². The molecule has 0 amide bonds. The van der Waals surface area contributed by atoms with Gasteiger partial charge in [-0.25, -0.2) is 0 Å². The van der Waals surface area contributed by atoms with Crippen LogP contribution in [-0.2, 0) is 4.74 Å². The number of hydrogen-bond acceptors (Lipinski definition) is 1. The van der Waals surface area contributed by atoms with Gasteiger partial charge in [-0.3, -0.25) is 0 Å². The first-order valence-electron chi connectivity index (χ1n) is 6.87. The summed E-state index contributed by atoms with van der Waals surface area (Å²) in [6.07, 6.45) is 6.13. The molecule has 3 rings (SSSR count). The monoisotopic (exact) mass is 220 g/mol. The van der Waals surface area contributed by atoms with Gasteiger partial charge < -0.3 is 4.74 Å². The Bertz CT molecular complexity index is 319. The van der Waals surface area contributed by atoms with E-state index in [1.54, 1.807) is 0 Å². The second kappa shape index (κ2) is 3.35. The van der Waals surface area contributed by atoms with Crippen LogP contribution in [0.4, 0.5) is 0 Å². The normalized spacial score (nSPS) is 51.1. The maximum Gasteiger partial charge on any atom is 0.0681 e. The zero-order valence-corrected chi connectivity index (χ0v) is 10.8. The standard InChI is InChI=1S/C15H24O/c1-9(2)11-7-8-15(4)12-6-5-10(3)13(15)14(11)16-12/h9,11-14H,3,5-8H2,1-2,4H3/t11-,12+,13+,14+,15+/m0/s1. The lowest BCUT2D eigenvalue weighted by molar-refractivity contribution is -0.00514. The fourth-order valence-corrected chi connectivity index (χ4v) is 4.59. The van der Waals surface area contributed by atoms with Crippen molar-refractivity contribution in [1.82, 2.24) is 0 Å². The predicted molar refractivity (Wildman–Crippen MR) is 66.2 cm³/mol. The molecule has 16 heavy (non-hydrogen) atoms. The molecule has 0 unspecified atom stereocenters. The Kier molecular flexibility index (Phi) is 2.27. The zero-order chi connectivity index (χ0) is 11.5. The van der Waals surface area contributed by atoms with Crippen LogP contribution in [0.5, 0.6) is 0 Å². The molecule has 1 saturated heterocycles. The first kappa shape index (κ1) is 10.8. The van der Waals surface area contributed by atoms with Gasteiger partial charge in [0.1, 0.15) is 0 Å². The average Bonchev–Trinajstić information content (AvgIpc) is 2.37. The maximum absolute atomic E-state index is 6.40. The Morgan fingerprint density at radius 1 is 1.38 bits per heavy atom. The lowest BCUT2D eigenvalue weighted by Gasteiger charge is -2.46. The van der Waals surface area contributed by atoms with E-state index in [0.717, 1.165) is 11.8 Å². The first-order chi connectivity index (χ1) is 7.54. The molecule has 1 aliphatic heterocycles. The van der Waals surface area contributed by atoms with Crippen molar-refractivity contribution in [2.75, 3.05) is 0 Å². The van der Waals surface area contributed by atoms with Gasteiger partial charge in [0.25, 0.3) is 0 Å². The van der Waals surface area contributed by atoms with Crippen LogP contribution in [0.1, 0.15) is 46.5 Å². The fraction of sp³-hybridized carbons (Fsp3) is 0.867. The summed E-state index contributed by atoms with van der Waals surface area (Å²) in [6.45, 7) is 11.5. The summed E-state index contributed by atoms with van der Waals surface area (Å²) in [5.41, 5.74) is 1.90. The van der Waals surface area contributed by atoms with Crippen LogP contribution in [0, 0.1) is 23.2 Å². The molecule has 3 fully saturated rings. The zero-order valence-electron chi connectivity index (χ0n) is 10.8. The highest BCUT2D eigenvalue weighted by molar-refractivity contribution is 5.22. The van der Waals surface area contributed by atoms with E-state index >= 15 is 0 Å². The highest BCUT2D eigenvalue weighted by atomic mass is 16.5. The van der Waals surface area contributed by atoms with Crippen LogP contribution < -0.4 is 0 Å². The largest absolute Gasteiger partial charge is 0.373 e. The summed E-state index contributed by atoms with van der Waals surface area (Å²) in [7, 11) is 0. The number of hydrogen-bond donors (Lipinski definition) is 0. The van der Waals surface area contributed by atoms with E-state index in [1.807, 2.05) is 0 Å². The van der Waals surface area contributed by atoms with Crippen molar-refractivity contribution in [2.45, 2.75) is 58.7 Å². The van der Waals surface area contributed by atoms with Gasteiger partial charge in [-0.15, -0.1) is 0 Å². The molecule has 1 nitrogen and oxygen atoms in total. The van der Waals surface area contributed by atoms with Crippen molar-refractivity contribution in [1.29, 1.82) is 0 Å². The van der Waals surface area contributed by atoms with Crippen molar-refractivity contribution < 1.29 is 4.74 Å². The second-order valence-electron chi connectivity index (χ2n) is 6.72. The highest BCUT2D eigenvalue weighted by Gasteiger charge is 2.60. The first-order valence-corrected chi connectivity index (χ1v) is 6.87. The fourth-order valence-electron chi connectivity index (χ4n) is 4.59. The third-order valence-corrected chi connectivity index (χ3v) is 5.56. The van der Waals surface area contributed by atoms with Gasteiger partial charge in [0.05, 0.1) is 12.2 Å². The topological polar surface area (TPSA) is 9.23 Å². The average molecular weight is 220 g/mol. The van der Waals surface area contributed by atoms with Crippen molar-refractivity contribution in [3.8, 4) is 0 Å². The Hall–Kier alpha value is -0.300. The smallest absolute Gasteiger partial charge is 0.0681 e. The van der Waals surface area contributed by atoms with Crippen LogP contribution in [0.3, 0.4) is 0 Å². The highest BCUT2D eigenvalue weighted by Crippen LogP contribution is 2.61. The van der Waals surface area contributed by atoms with Crippen molar-refractivity contribution in [3.05, 3.63) is 12.2 Å². The Morgan fingerprint density at radius 2 is 2.12 bits per heavy atom. The van der Waals surface area contributed by atoms with Gasteiger partial charge in [-0.2, -0.15) is 0 Å². The molecule has 90 valence electrons. The Labute approximate surface area is 99.3 Å². The molecule has 2 aliphatic carbocycles. The van der Waals surface area contributed by atoms with Crippen molar-refractivity contribution in [2.24, 2.45) is 23.2 Å². The minimum absolute atomic E-state index is 0.422. The van der Waals surface area contributed by atoms with Gasteiger partial charge >= 0.3 is 0 Å². The van der Waals surface area contributed by atoms with Gasteiger partial charge in [0.2, 0.25) is 0 Å². The van der Waals surface area contributed by atoms with Crippen LogP contribution in [-0.4, -0.2) is 12.2 Å². The van der Waals surface area contributed by atoms with Gasteiger partial charge in [0.15, 0.2) is 0 Å². The number of rotatable bonds is 1.